The van der Waals surface area contributed by atoms with Gasteiger partial charge in [-0.2, -0.15) is 0 Å². The average molecular weight is 219 g/mol. The SMILES string of the molecule is C=CCCCC(N)c1ccccc1OCC. The van der Waals surface area contributed by atoms with Crippen molar-refractivity contribution >= 4 is 0 Å². The standard InChI is InChI=1S/C14H21NO/c1-3-5-6-10-13(15)12-9-7-8-11-14(12)16-4-2/h3,7-9,11,13H,1,4-6,10,15H2,2H3. The van der Waals surface area contributed by atoms with E-state index < -0.39 is 0 Å². The fourth-order valence-corrected chi connectivity index (χ4v) is 1.71. The Kier molecular flexibility index (Phi) is 5.65. The summed E-state index contributed by atoms with van der Waals surface area (Å²) in [4.78, 5) is 0. The minimum Gasteiger partial charge on any atom is -0.494 e. The van der Waals surface area contributed by atoms with E-state index in [1.807, 2.05) is 37.3 Å². The van der Waals surface area contributed by atoms with E-state index >= 15 is 0 Å². The minimum atomic E-state index is 0.0581. The van der Waals surface area contributed by atoms with Crippen LogP contribution in [0.4, 0.5) is 0 Å². The normalized spacial score (nSPS) is 12.1. The van der Waals surface area contributed by atoms with Gasteiger partial charge in [-0.3, -0.25) is 0 Å². The van der Waals surface area contributed by atoms with Gasteiger partial charge in [-0.05, 0) is 32.3 Å². The predicted molar refractivity (Wildman–Crippen MR) is 68.6 cm³/mol. The van der Waals surface area contributed by atoms with Crippen LogP contribution in [0.3, 0.4) is 0 Å². The van der Waals surface area contributed by atoms with Gasteiger partial charge in [-0.25, -0.2) is 0 Å². The molecule has 1 rings (SSSR count). The van der Waals surface area contributed by atoms with Crippen LogP contribution in [0.25, 0.3) is 0 Å². The molecule has 2 N–H and O–H groups in total. The Labute approximate surface area is 98.1 Å². The summed E-state index contributed by atoms with van der Waals surface area (Å²) in [5.41, 5.74) is 7.26. The molecule has 1 unspecified atom stereocenters. The zero-order chi connectivity index (χ0) is 11.8. The molecule has 0 saturated heterocycles. The van der Waals surface area contributed by atoms with Crippen LogP contribution in [0.1, 0.15) is 37.8 Å². The molecule has 1 aromatic rings. The first-order chi connectivity index (χ1) is 7.79. The molecule has 16 heavy (non-hydrogen) atoms. The maximum Gasteiger partial charge on any atom is 0.124 e. The number of para-hydroxylation sites is 1. The quantitative estimate of drug-likeness (QED) is 0.563. The van der Waals surface area contributed by atoms with E-state index in [4.69, 9.17) is 10.5 Å². The molecule has 0 aliphatic rings. The highest BCUT2D eigenvalue weighted by Gasteiger charge is 2.10. The third-order valence-electron chi connectivity index (χ3n) is 2.54. The molecule has 0 heterocycles. The molecule has 0 aliphatic heterocycles. The largest absolute Gasteiger partial charge is 0.494 e. The summed E-state index contributed by atoms with van der Waals surface area (Å²) < 4.78 is 5.56. The Morgan fingerprint density at radius 2 is 2.19 bits per heavy atom. The van der Waals surface area contributed by atoms with Gasteiger partial charge in [0, 0.05) is 11.6 Å². The fraction of sp³-hybridized carbons (Fsp3) is 0.429. The number of allylic oxidation sites excluding steroid dienone is 1. The third-order valence-corrected chi connectivity index (χ3v) is 2.54. The van der Waals surface area contributed by atoms with E-state index in [2.05, 4.69) is 6.58 Å². The summed E-state index contributed by atoms with van der Waals surface area (Å²) in [5, 5.41) is 0. The van der Waals surface area contributed by atoms with Crippen LogP contribution in [-0.2, 0) is 0 Å². The Bertz CT molecular complexity index is 322. The van der Waals surface area contributed by atoms with Gasteiger partial charge >= 0.3 is 0 Å². The maximum atomic E-state index is 6.15. The van der Waals surface area contributed by atoms with Gasteiger partial charge in [-0.1, -0.05) is 24.3 Å². The monoisotopic (exact) mass is 219 g/mol. The van der Waals surface area contributed by atoms with Crippen molar-refractivity contribution < 1.29 is 4.74 Å². The first-order valence-corrected chi connectivity index (χ1v) is 5.87. The zero-order valence-corrected chi connectivity index (χ0v) is 9.99. The third kappa shape index (κ3) is 3.70. The highest BCUT2D eigenvalue weighted by Crippen LogP contribution is 2.26. The van der Waals surface area contributed by atoms with Crippen molar-refractivity contribution in [1.29, 1.82) is 0 Å². The second kappa shape index (κ2) is 7.07. The second-order valence-corrected chi connectivity index (χ2v) is 3.80. The van der Waals surface area contributed by atoms with E-state index in [1.54, 1.807) is 0 Å². The van der Waals surface area contributed by atoms with E-state index in [0.717, 1.165) is 30.6 Å². The summed E-state index contributed by atoms with van der Waals surface area (Å²) in [6.07, 6.45) is 4.99. The number of ether oxygens (including phenoxy) is 1. The molecule has 2 heteroatoms. The summed E-state index contributed by atoms with van der Waals surface area (Å²) in [5.74, 6) is 0.913. The van der Waals surface area contributed by atoms with Crippen LogP contribution in [-0.4, -0.2) is 6.61 Å². The van der Waals surface area contributed by atoms with Crippen molar-refractivity contribution in [2.75, 3.05) is 6.61 Å². The molecule has 0 saturated carbocycles. The van der Waals surface area contributed by atoms with Crippen molar-refractivity contribution in [2.45, 2.75) is 32.2 Å². The first-order valence-electron chi connectivity index (χ1n) is 5.87. The lowest BCUT2D eigenvalue weighted by Gasteiger charge is -2.16. The summed E-state index contributed by atoms with van der Waals surface area (Å²) in [7, 11) is 0. The van der Waals surface area contributed by atoms with Gasteiger partial charge in [0.15, 0.2) is 0 Å². The molecule has 1 aromatic carbocycles. The number of hydrogen-bond acceptors (Lipinski definition) is 2. The van der Waals surface area contributed by atoms with Crippen LogP contribution >= 0.6 is 0 Å². The smallest absolute Gasteiger partial charge is 0.124 e. The summed E-state index contributed by atoms with van der Waals surface area (Å²) in [6.45, 7) is 6.37. The van der Waals surface area contributed by atoms with Gasteiger partial charge in [0.1, 0.15) is 5.75 Å². The van der Waals surface area contributed by atoms with Crippen molar-refractivity contribution in [2.24, 2.45) is 5.73 Å². The lowest BCUT2D eigenvalue weighted by atomic mass is 10.0. The molecule has 2 nitrogen and oxygen atoms in total. The summed E-state index contributed by atoms with van der Waals surface area (Å²) >= 11 is 0. The van der Waals surface area contributed by atoms with Gasteiger partial charge in [-0.15, -0.1) is 6.58 Å². The lowest BCUT2D eigenvalue weighted by molar-refractivity contribution is 0.333. The average Bonchev–Trinajstić information content (AvgIpc) is 2.30. The highest BCUT2D eigenvalue weighted by atomic mass is 16.5. The van der Waals surface area contributed by atoms with Crippen molar-refractivity contribution in [3.63, 3.8) is 0 Å². The zero-order valence-electron chi connectivity index (χ0n) is 9.99. The first kappa shape index (κ1) is 12.8. The molecule has 0 aromatic heterocycles. The lowest BCUT2D eigenvalue weighted by Crippen LogP contribution is -2.11. The van der Waals surface area contributed by atoms with E-state index in [9.17, 15) is 0 Å². The van der Waals surface area contributed by atoms with Gasteiger partial charge in [0.2, 0.25) is 0 Å². The van der Waals surface area contributed by atoms with E-state index in [0.29, 0.717) is 6.61 Å². The number of nitrogens with two attached hydrogens (primary N) is 1. The molecule has 0 spiro atoms. The maximum absolute atomic E-state index is 6.15. The number of unbranched alkanes of at least 4 members (excludes halogenated alkanes) is 1. The topological polar surface area (TPSA) is 35.2 Å². The molecular weight excluding hydrogens is 198 g/mol. The van der Waals surface area contributed by atoms with E-state index in [-0.39, 0.29) is 6.04 Å². The number of rotatable bonds is 7. The predicted octanol–water partition coefficient (Wildman–Crippen LogP) is 3.44. The molecular formula is C14H21NO. The van der Waals surface area contributed by atoms with Crippen molar-refractivity contribution in [1.82, 2.24) is 0 Å². The second-order valence-electron chi connectivity index (χ2n) is 3.80. The Hall–Kier alpha value is -1.28. The van der Waals surface area contributed by atoms with Gasteiger partial charge in [0.25, 0.3) is 0 Å². The summed E-state index contributed by atoms with van der Waals surface area (Å²) in [6, 6.07) is 8.06. The fourth-order valence-electron chi connectivity index (χ4n) is 1.71. The van der Waals surface area contributed by atoms with Crippen LogP contribution in [0, 0.1) is 0 Å². The van der Waals surface area contributed by atoms with Crippen molar-refractivity contribution in [3.8, 4) is 5.75 Å². The molecule has 0 bridgehead atoms. The Balaban J connectivity index is 2.65. The number of hydrogen-bond donors (Lipinski definition) is 1. The Morgan fingerprint density at radius 1 is 1.44 bits per heavy atom. The van der Waals surface area contributed by atoms with Gasteiger partial charge < -0.3 is 10.5 Å². The highest BCUT2D eigenvalue weighted by molar-refractivity contribution is 5.35. The molecule has 0 radical (unpaired) electrons. The van der Waals surface area contributed by atoms with Crippen LogP contribution in [0.15, 0.2) is 36.9 Å². The number of benzene rings is 1. The van der Waals surface area contributed by atoms with Crippen LogP contribution in [0.2, 0.25) is 0 Å². The minimum absolute atomic E-state index is 0.0581. The van der Waals surface area contributed by atoms with Crippen LogP contribution in [0.5, 0.6) is 5.75 Å². The van der Waals surface area contributed by atoms with Crippen molar-refractivity contribution in [3.05, 3.63) is 42.5 Å². The molecule has 0 fully saturated rings. The molecule has 0 amide bonds. The molecule has 0 aliphatic carbocycles. The van der Waals surface area contributed by atoms with Crippen LogP contribution < -0.4 is 10.5 Å². The Morgan fingerprint density at radius 3 is 2.88 bits per heavy atom. The van der Waals surface area contributed by atoms with E-state index in [1.165, 1.54) is 0 Å². The molecule has 88 valence electrons. The van der Waals surface area contributed by atoms with Gasteiger partial charge in [0.05, 0.1) is 6.61 Å². The molecule has 1 atom stereocenters.